The van der Waals surface area contributed by atoms with Gasteiger partial charge in [-0.2, -0.15) is 4.74 Å². The smallest absolute Gasteiger partial charge is 0.216 e. The fraction of sp³-hybridized carbons (Fsp3) is 0.133. The van der Waals surface area contributed by atoms with Crippen LogP contribution >= 0.6 is 0 Å². The summed E-state index contributed by atoms with van der Waals surface area (Å²) in [7, 11) is 3.98. The van der Waals surface area contributed by atoms with Crippen LogP contribution < -0.4 is 4.90 Å². The van der Waals surface area contributed by atoms with Crippen LogP contribution in [0.2, 0.25) is 0 Å². The first-order chi connectivity index (χ1) is 8.66. The highest BCUT2D eigenvalue weighted by atomic mass is 16.5. The van der Waals surface area contributed by atoms with Crippen LogP contribution in [0.1, 0.15) is 5.56 Å². The van der Waals surface area contributed by atoms with Gasteiger partial charge in [0.2, 0.25) is 5.69 Å². The Bertz CT molecular complexity index is 530. The highest BCUT2D eigenvalue weighted by molar-refractivity contribution is 5.77. The lowest BCUT2D eigenvalue weighted by Crippen LogP contribution is -2.08. The molecule has 0 atom stereocenters. The Morgan fingerprint density at radius 3 is 2.11 bits per heavy atom. The predicted molar refractivity (Wildman–Crippen MR) is 75.7 cm³/mol. The van der Waals surface area contributed by atoms with E-state index < -0.39 is 0 Å². The molecule has 0 saturated heterocycles. The topological polar surface area (TPSA) is 29.3 Å². The van der Waals surface area contributed by atoms with E-state index in [1.165, 1.54) is 0 Å². The lowest BCUT2D eigenvalue weighted by atomic mass is 10.2. The quantitative estimate of drug-likeness (QED) is 0.357. The van der Waals surface area contributed by atoms with Crippen LogP contribution in [-0.2, 0) is 0 Å². The fourth-order valence-electron chi connectivity index (χ4n) is 1.64. The minimum atomic E-state index is 0.634. The summed E-state index contributed by atoms with van der Waals surface area (Å²) in [5.74, 6) is 0. The number of para-hydroxylation sites is 1. The van der Waals surface area contributed by atoms with Gasteiger partial charge in [0.25, 0.3) is 0 Å². The molecule has 18 heavy (non-hydrogen) atoms. The van der Waals surface area contributed by atoms with Crippen LogP contribution in [0.3, 0.4) is 0 Å². The molecule has 0 unspecified atom stereocenters. The molecule has 0 spiro atoms. The third-order valence-electron chi connectivity index (χ3n) is 2.69. The molecule has 0 aromatic heterocycles. The van der Waals surface area contributed by atoms with E-state index in [2.05, 4.69) is 0 Å². The van der Waals surface area contributed by atoms with Gasteiger partial charge in [-0.15, -0.1) is 0 Å². The van der Waals surface area contributed by atoms with Crippen molar-refractivity contribution in [3.05, 3.63) is 65.4 Å². The zero-order valence-electron chi connectivity index (χ0n) is 10.6. The largest absolute Gasteiger partial charge is 0.618 e. The molecule has 0 bridgehead atoms. The van der Waals surface area contributed by atoms with Crippen molar-refractivity contribution < 1.29 is 4.74 Å². The average Bonchev–Trinajstić information content (AvgIpc) is 2.40. The maximum absolute atomic E-state index is 11.9. The molecule has 0 heterocycles. The first kappa shape index (κ1) is 12.2. The van der Waals surface area contributed by atoms with Gasteiger partial charge in [0.15, 0.2) is 6.21 Å². The van der Waals surface area contributed by atoms with E-state index in [1.54, 1.807) is 18.3 Å². The Kier molecular flexibility index (Phi) is 3.63. The normalized spacial score (nSPS) is 11.3. The summed E-state index contributed by atoms with van der Waals surface area (Å²) in [6.45, 7) is 0. The van der Waals surface area contributed by atoms with E-state index in [0.717, 1.165) is 16.0 Å². The molecule has 0 N–H and O–H groups in total. The van der Waals surface area contributed by atoms with Crippen molar-refractivity contribution in [1.29, 1.82) is 0 Å². The first-order valence-electron chi connectivity index (χ1n) is 5.80. The second-order valence-corrected chi connectivity index (χ2v) is 4.28. The lowest BCUT2D eigenvalue weighted by Gasteiger charge is -2.11. The zero-order chi connectivity index (χ0) is 13.0. The monoisotopic (exact) mass is 240 g/mol. The molecule has 0 aliphatic carbocycles. The van der Waals surface area contributed by atoms with Gasteiger partial charge in [-0.1, -0.05) is 18.2 Å². The summed E-state index contributed by atoms with van der Waals surface area (Å²) in [5.41, 5.74) is 2.64. The van der Waals surface area contributed by atoms with Gasteiger partial charge in [-0.3, -0.25) is 0 Å². The fourth-order valence-corrected chi connectivity index (χ4v) is 1.64. The number of nitrogens with zero attached hydrogens (tertiary/aromatic N) is 2. The number of anilines is 1. The lowest BCUT2D eigenvalue weighted by molar-refractivity contribution is -0.354. The van der Waals surface area contributed by atoms with Crippen molar-refractivity contribution in [3.63, 3.8) is 0 Å². The summed E-state index contributed by atoms with van der Waals surface area (Å²) >= 11 is 0. The van der Waals surface area contributed by atoms with E-state index in [-0.39, 0.29) is 0 Å². The van der Waals surface area contributed by atoms with Crippen molar-refractivity contribution in [1.82, 2.24) is 0 Å². The molecule has 2 aromatic carbocycles. The molecule has 0 aliphatic rings. The van der Waals surface area contributed by atoms with E-state index >= 15 is 0 Å². The Morgan fingerprint density at radius 1 is 0.944 bits per heavy atom. The summed E-state index contributed by atoms with van der Waals surface area (Å²) in [5, 5.41) is 11.9. The molecule has 2 aromatic rings. The minimum absolute atomic E-state index is 0.634. The van der Waals surface area contributed by atoms with E-state index in [9.17, 15) is 5.21 Å². The number of rotatable bonds is 3. The summed E-state index contributed by atoms with van der Waals surface area (Å²) in [6, 6.07) is 17.0. The van der Waals surface area contributed by atoms with Gasteiger partial charge in [-0.25, -0.2) is 0 Å². The standard InChI is InChI=1S/C15H16N2O/c1-16(2)14-10-8-13(9-11-14)12-17(18)15-6-4-3-5-7-15/h3-12H,1-2H3/b17-12-. The predicted octanol–water partition coefficient (Wildman–Crippen LogP) is 3.01. The van der Waals surface area contributed by atoms with Crippen LogP contribution in [0.4, 0.5) is 11.4 Å². The van der Waals surface area contributed by atoms with Gasteiger partial charge in [-0.05, 0) is 24.3 Å². The Morgan fingerprint density at radius 2 is 1.56 bits per heavy atom. The molecular weight excluding hydrogens is 224 g/mol. The first-order valence-corrected chi connectivity index (χ1v) is 5.80. The molecular formula is C15H16N2O. The van der Waals surface area contributed by atoms with Gasteiger partial charge in [0.05, 0.1) is 0 Å². The summed E-state index contributed by atoms with van der Waals surface area (Å²) in [4.78, 5) is 2.02. The molecule has 0 radical (unpaired) electrons. The second-order valence-electron chi connectivity index (χ2n) is 4.28. The Balaban J connectivity index is 2.23. The van der Waals surface area contributed by atoms with Crippen molar-refractivity contribution in [3.8, 4) is 0 Å². The molecule has 0 fully saturated rings. The van der Waals surface area contributed by atoms with Gasteiger partial charge < -0.3 is 10.1 Å². The van der Waals surface area contributed by atoms with E-state index in [1.807, 2.05) is 61.5 Å². The third kappa shape index (κ3) is 2.88. The molecule has 3 nitrogen and oxygen atoms in total. The number of hydrogen-bond donors (Lipinski definition) is 0. The van der Waals surface area contributed by atoms with Crippen LogP contribution in [0.25, 0.3) is 0 Å². The zero-order valence-corrected chi connectivity index (χ0v) is 10.6. The second kappa shape index (κ2) is 5.36. The van der Waals surface area contributed by atoms with Crippen molar-refractivity contribution in [2.24, 2.45) is 0 Å². The van der Waals surface area contributed by atoms with E-state index in [4.69, 9.17) is 0 Å². The Hall–Kier alpha value is -2.29. The van der Waals surface area contributed by atoms with Crippen LogP contribution in [0.15, 0.2) is 54.6 Å². The Labute approximate surface area is 107 Å². The van der Waals surface area contributed by atoms with Crippen LogP contribution in [0.5, 0.6) is 0 Å². The van der Waals surface area contributed by atoms with Gasteiger partial charge in [0, 0.05) is 37.5 Å². The van der Waals surface area contributed by atoms with E-state index in [0.29, 0.717) is 5.69 Å². The van der Waals surface area contributed by atoms with Crippen LogP contribution in [0, 0.1) is 5.21 Å². The number of hydrogen-bond acceptors (Lipinski definition) is 2. The summed E-state index contributed by atoms with van der Waals surface area (Å²) < 4.78 is 0.880. The maximum Gasteiger partial charge on any atom is 0.216 e. The highest BCUT2D eigenvalue weighted by Gasteiger charge is 2.01. The van der Waals surface area contributed by atoms with Gasteiger partial charge in [0.1, 0.15) is 0 Å². The molecule has 92 valence electrons. The van der Waals surface area contributed by atoms with Gasteiger partial charge >= 0.3 is 0 Å². The van der Waals surface area contributed by atoms with Crippen molar-refractivity contribution in [2.75, 3.05) is 19.0 Å². The number of benzene rings is 2. The average molecular weight is 240 g/mol. The summed E-state index contributed by atoms with van der Waals surface area (Å²) in [6.07, 6.45) is 1.58. The molecule has 0 saturated carbocycles. The molecule has 0 amide bonds. The highest BCUT2D eigenvalue weighted by Crippen LogP contribution is 2.13. The molecule has 2 rings (SSSR count). The van der Waals surface area contributed by atoms with Crippen LogP contribution in [-0.4, -0.2) is 25.0 Å². The van der Waals surface area contributed by atoms with Crippen molar-refractivity contribution in [2.45, 2.75) is 0 Å². The molecule has 3 heteroatoms. The SMILES string of the molecule is CN(C)c1ccc(/C=[N+](\[O-])c2ccccc2)cc1. The third-order valence-corrected chi connectivity index (χ3v) is 2.69. The maximum atomic E-state index is 11.9. The van der Waals surface area contributed by atoms with Crippen molar-refractivity contribution >= 4 is 17.6 Å². The minimum Gasteiger partial charge on any atom is -0.618 e. The molecule has 0 aliphatic heterocycles.